The van der Waals surface area contributed by atoms with E-state index < -0.39 is 0 Å². The Morgan fingerprint density at radius 2 is 2.05 bits per heavy atom. The summed E-state index contributed by atoms with van der Waals surface area (Å²) >= 11 is 4.64. The maximum Gasteiger partial charge on any atom is 0.350 e. The zero-order valence-corrected chi connectivity index (χ0v) is 13.9. The van der Waals surface area contributed by atoms with Crippen molar-refractivity contribution in [3.8, 4) is 10.6 Å². The summed E-state index contributed by atoms with van der Waals surface area (Å²) in [4.78, 5) is 16.4. The van der Waals surface area contributed by atoms with E-state index in [9.17, 15) is 4.79 Å². The molecule has 0 N–H and O–H groups in total. The molecule has 20 heavy (non-hydrogen) atoms. The number of nitrogens with zero attached hydrogens (tertiary/aromatic N) is 1. The summed E-state index contributed by atoms with van der Waals surface area (Å²) in [5, 5.41) is 0.819. The van der Waals surface area contributed by atoms with Gasteiger partial charge in [0.25, 0.3) is 0 Å². The molecule has 0 aliphatic carbocycles. The number of thiazole rings is 1. The number of carbonyl (C=O) groups is 1. The Labute approximate surface area is 131 Å². The Hall–Kier alpha value is -1.20. The lowest BCUT2D eigenvalue weighted by Gasteiger charge is -2.01. The number of aromatic nitrogens is 1. The van der Waals surface area contributed by atoms with Gasteiger partial charge in [-0.1, -0.05) is 37.6 Å². The molecule has 1 aromatic carbocycles. The van der Waals surface area contributed by atoms with Crippen LogP contribution in [0.3, 0.4) is 0 Å². The highest BCUT2D eigenvalue weighted by molar-refractivity contribution is 9.10. The molecule has 0 amide bonds. The number of aryl methyl sites for hydroxylation is 1. The molecule has 2 rings (SSSR count). The summed E-state index contributed by atoms with van der Waals surface area (Å²) in [6.07, 6.45) is 3.50. The molecule has 2 aromatic rings. The summed E-state index contributed by atoms with van der Waals surface area (Å²) < 4.78 is 5.27. The fraction of sp³-hybridized carbons (Fsp3) is 0.333. The summed E-state index contributed by atoms with van der Waals surface area (Å²) in [5.74, 6) is -0.361. The summed E-state index contributed by atoms with van der Waals surface area (Å²) in [5.41, 5.74) is 2.35. The number of benzene rings is 1. The number of ether oxygens (including phenoxy) is 1. The van der Waals surface area contributed by atoms with E-state index in [4.69, 9.17) is 4.74 Å². The topological polar surface area (TPSA) is 39.2 Å². The van der Waals surface area contributed by atoms with Gasteiger partial charge in [0.05, 0.1) is 7.11 Å². The van der Waals surface area contributed by atoms with Crippen LogP contribution in [0.4, 0.5) is 0 Å². The van der Waals surface area contributed by atoms with Crippen LogP contribution >= 0.6 is 27.3 Å². The molecule has 0 aliphatic rings. The molecule has 0 bridgehead atoms. The van der Waals surface area contributed by atoms with Crippen molar-refractivity contribution in [1.82, 2.24) is 4.98 Å². The van der Waals surface area contributed by atoms with Crippen molar-refractivity contribution in [3.63, 3.8) is 0 Å². The van der Waals surface area contributed by atoms with E-state index in [1.807, 2.05) is 0 Å². The number of carbonyl (C=O) groups excluding carboxylic acids is 1. The van der Waals surface area contributed by atoms with Crippen LogP contribution < -0.4 is 0 Å². The molecule has 0 spiro atoms. The number of hydrogen-bond donors (Lipinski definition) is 0. The Bertz CT molecular complexity index is 592. The maximum absolute atomic E-state index is 11.6. The van der Waals surface area contributed by atoms with Crippen LogP contribution in [0.5, 0.6) is 0 Å². The molecule has 106 valence electrons. The summed E-state index contributed by atoms with van der Waals surface area (Å²) in [6, 6.07) is 8.35. The summed E-state index contributed by atoms with van der Waals surface area (Å²) in [7, 11) is 1.37. The largest absolute Gasteiger partial charge is 0.465 e. The first-order valence-corrected chi connectivity index (χ1v) is 8.10. The van der Waals surface area contributed by atoms with Crippen LogP contribution in [0.25, 0.3) is 10.6 Å². The Kier molecular flexibility index (Phi) is 5.31. The van der Waals surface area contributed by atoms with Crippen LogP contribution in [-0.2, 0) is 11.2 Å². The third-order valence-corrected chi connectivity index (χ3v) is 4.90. The van der Waals surface area contributed by atoms with E-state index in [1.165, 1.54) is 36.9 Å². The van der Waals surface area contributed by atoms with E-state index in [1.54, 1.807) is 0 Å². The lowest BCUT2D eigenvalue weighted by Crippen LogP contribution is -1.98. The average molecular weight is 354 g/mol. The third-order valence-electron chi connectivity index (χ3n) is 2.98. The Morgan fingerprint density at radius 3 is 2.65 bits per heavy atom. The fourth-order valence-electron chi connectivity index (χ4n) is 1.84. The number of methoxy groups -OCH3 is 1. The van der Waals surface area contributed by atoms with Crippen LogP contribution in [0.1, 0.15) is 35.0 Å². The maximum atomic E-state index is 11.6. The van der Waals surface area contributed by atoms with Crippen molar-refractivity contribution in [2.24, 2.45) is 0 Å². The van der Waals surface area contributed by atoms with Crippen LogP contribution in [-0.4, -0.2) is 18.1 Å². The van der Waals surface area contributed by atoms with Crippen molar-refractivity contribution in [2.75, 3.05) is 7.11 Å². The second-order valence-electron chi connectivity index (χ2n) is 4.43. The van der Waals surface area contributed by atoms with Crippen molar-refractivity contribution < 1.29 is 9.53 Å². The molecule has 0 aliphatic heterocycles. The molecule has 0 saturated heterocycles. The van der Waals surface area contributed by atoms with Crippen LogP contribution in [0.15, 0.2) is 28.9 Å². The standard InChI is InChI=1S/C15H16BrNO2S/c1-3-4-5-10-6-8-11(9-7-10)14-17-13(16)12(20-14)15(18)19-2/h6-9H,3-5H2,1-2H3. The first-order chi connectivity index (χ1) is 9.65. The van der Waals surface area contributed by atoms with Crippen LogP contribution in [0, 0.1) is 0 Å². The number of esters is 1. The zero-order valence-electron chi connectivity index (χ0n) is 11.5. The third kappa shape index (κ3) is 3.46. The smallest absolute Gasteiger partial charge is 0.350 e. The van der Waals surface area contributed by atoms with Gasteiger partial charge in [-0.25, -0.2) is 9.78 Å². The normalized spacial score (nSPS) is 10.6. The number of hydrogen-bond acceptors (Lipinski definition) is 4. The van der Waals surface area contributed by atoms with E-state index in [0.29, 0.717) is 9.48 Å². The van der Waals surface area contributed by atoms with E-state index >= 15 is 0 Å². The van der Waals surface area contributed by atoms with Gasteiger partial charge in [-0.05, 0) is 34.3 Å². The van der Waals surface area contributed by atoms with Crippen molar-refractivity contribution in [1.29, 1.82) is 0 Å². The minimum atomic E-state index is -0.361. The molecule has 1 aromatic heterocycles. The molecule has 0 unspecified atom stereocenters. The minimum absolute atomic E-state index is 0.361. The highest BCUT2D eigenvalue weighted by Gasteiger charge is 2.17. The van der Waals surface area contributed by atoms with Crippen molar-refractivity contribution in [3.05, 3.63) is 39.3 Å². The first kappa shape index (κ1) is 15.2. The molecule has 0 fully saturated rings. The lowest BCUT2D eigenvalue weighted by molar-refractivity contribution is 0.0605. The van der Waals surface area contributed by atoms with Gasteiger partial charge in [-0.3, -0.25) is 0 Å². The molecule has 5 heteroatoms. The highest BCUT2D eigenvalue weighted by atomic mass is 79.9. The van der Waals surface area contributed by atoms with Gasteiger partial charge in [0.1, 0.15) is 14.5 Å². The molecular formula is C15H16BrNO2S. The monoisotopic (exact) mass is 353 g/mol. The van der Waals surface area contributed by atoms with Gasteiger partial charge in [0.2, 0.25) is 0 Å². The predicted octanol–water partition coefficient (Wildman–Crippen LogP) is 4.70. The molecular weight excluding hydrogens is 338 g/mol. The molecule has 3 nitrogen and oxygen atoms in total. The number of unbranched alkanes of at least 4 members (excludes halogenated alkanes) is 1. The second kappa shape index (κ2) is 6.99. The van der Waals surface area contributed by atoms with Gasteiger partial charge in [0, 0.05) is 5.56 Å². The van der Waals surface area contributed by atoms with E-state index in [2.05, 4.69) is 52.1 Å². The predicted molar refractivity (Wildman–Crippen MR) is 85.2 cm³/mol. The Morgan fingerprint density at radius 1 is 1.35 bits per heavy atom. The molecule has 0 saturated carbocycles. The quantitative estimate of drug-likeness (QED) is 0.731. The highest BCUT2D eigenvalue weighted by Crippen LogP contribution is 2.31. The lowest BCUT2D eigenvalue weighted by atomic mass is 10.1. The summed E-state index contributed by atoms with van der Waals surface area (Å²) in [6.45, 7) is 2.19. The molecule has 0 radical (unpaired) electrons. The molecule has 0 atom stereocenters. The molecule has 1 heterocycles. The second-order valence-corrected chi connectivity index (χ2v) is 6.18. The SMILES string of the molecule is CCCCc1ccc(-c2nc(Br)c(C(=O)OC)s2)cc1. The fourth-order valence-corrected chi connectivity index (χ4v) is 3.42. The van der Waals surface area contributed by atoms with Gasteiger partial charge >= 0.3 is 5.97 Å². The van der Waals surface area contributed by atoms with Crippen molar-refractivity contribution in [2.45, 2.75) is 26.2 Å². The van der Waals surface area contributed by atoms with Gasteiger partial charge in [-0.2, -0.15) is 0 Å². The minimum Gasteiger partial charge on any atom is -0.465 e. The van der Waals surface area contributed by atoms with Gasteiger partial charge < -0.3 is 4.74 Å². The van der Waals surface area contributed by atoms with Gasteiger partial charge in [-0.15, -0.1) is 11.3 Å². The van der Waals surface area contributed by atoms with Crippen molar-refractivity contribution >= 4 is 33.2 Å². The van der Waals surface area contributed by atoms with E-state index in [-0.39, 0.29) is 5.97 Å². The Balaban J connectivity index is 2.21. The average Bonchev–Trinajstić information content (AvgIpc) is 2.87. The number of rotatable bonds is 5. The zero-order chi connectivity index (χ0) is 14.5. The van der Waals surface area contributed by atoms with Crippen LogP contribution in [0.2, 0.25) is 0 Å². The number of halogens is 1. The van der Waals surface area contributed by atoms with E-state index in [0.717, 1.165) is 17.0 Å². The first-order valence-electron chi connectivity index (χ1n) is 6.49. The van der Waals surface area contributed by atoms with Gasteiger partial charge in [0.15, 0.2) is 0 Å².